The van der Waals surface area contributed by atoms with Crippen molar-refractivity contribution < 1.29 is 4.39 Å². The van der Waals surface area contributed by atoms with Crippen molar-refractivity contribution in [1.29, 1.82) is 0 Å². The minimum atomic E-state index is -0.240. The van der Waals surface area contributed by atoms with E-state index in [1.54, 1.807) is 12.3 Å². The molecule has 2 rings (SSSR count). The second-order valence-corrected chi connectivity index (χ2v) is 5.46. The Labute approximate surface area is 115 Å². The van der Waals surface area contributed by atoms with Crippen molar-refractivity contribution in [3.63, 3.8) is 0 Å². The van der Waals surface area contributed by atoms with Crippen molar-refractivity contribution in [2.24, 2.45) is 5.92 Å². The van der Waals surface area contributed by atoms with E-state index in [1.807, 2.05) is 0 Å². The molecule has 0 spiro atoms. The molecule has 1 aliphatic rings. The molecule has 0 bridgehead atoms. The zero-order valence-corrected chi connectivity index (χ0v) is 11.7. The van der Waals surface area contributed by atoms with E-state index in [2.05, 4.69) is 22.1 Å². The molecule has 1 aromatic heterocycles. The maximum Gasteiger partial charge on any atom is 0.141 e. The number of aromatic nitrogens is 1. The second-order valence-electron chi connectivity index (χ2n) is 5.46. The van der Waals surface area contributed by atoms with Crippen LogP contribution in [0, 0.1) is 11.7 Å². The fraction of sp³-hybridized carbons (Fsp3) is 0.667. The smallest absolute Gasteiger partial charge is 0.141 e. The Morgan fingerprint density at radius 2 is 2.37 bits per heavy atom. The molecule has 0 aromatic carbocycles. The molecule has 1 fully saturated rings. The Bertz CT molecular complexity index is 383. The number of hydrogen-bond donors (Lipinski definition) is 1. The van der Waals surface area contributed by atoms with Gasteiger partial charge in [0.2, 0.25) is 0 Å². The summed E-state index contributed by atoms with van der Waals surface area (Å²) in [5, 5.41) is 3.50. The molecule has 19 heavy (non-hydrogen) atoms. The lowest BCUT2D eigenvalue weighted by Crippen LogP contribution is -2.39. The third kappa shape index (κ3) is 4.88. The third-order valence-electron chi connectivity index (χ3n) is 3.63. The van der Waals surface area contributed by atoms with Crippen LogP contribution in [0.2, 0.25) is 0 Å². The summed E-state index contributed by atoms with van der Waals surface area (Å²) in [4.78, 5) is 6.33. The van der Waals surface area contributed by atoms with Crippen LogP contribution in [0.4, 0.5) is 4.39 Å². The van der Waals surface area contributed by atoms with Gasteiger partial charge in [0.15, 0.2) is 0 Å². The number of nitrogens with zero attached hydrogens (tertiary/aromatic N) is 2. The van der Waals surface area contributed by atoms with Crippen LogP contribution in [0.25, 0.3) is 0 Å². The van der Waals surface area contributed by atoms with E-state index in [1.165, 1.54) is 25.5 Å². The highest BCUT2D eigenvalue weighted by atomic mass is 19.1. The number of nitrogens with one attached hydrogen (secondary N) is 1. The molecule has 1 unspecified atom stereocenters. The van der Waals surface area contributed by atoms with Crippen LogP contribution in [0.3, 0.4) is 0 Å². The van der Waals surface area contributed by atoms with Gasteiger partial charge >= 0.3 is 0 Å². The van der Waals surface area contributed by atoms with E-state index in [4.69, 9.17) is 0 Å². The van der Waals surface area contributed by atoms with E-state index in [-0.39, 0.29) is 5.82 Å². The fourth-order valence-electron chi connectivity index (χ4n) is 2.74. The summed E-state index contributed by atoms with van der Waals surface area (Å²) in [5.41, 5.74) is 0.974. The highest BCUT2D eigenvalue weighted by Gasteiger charge is 2.19. The van der Waals surface area contributed by atoms with Crippen LogP contribution >= 0.6 is 0 Å². The molecule has 2 heterocycles. The van der Waals surface area contributed by atoms with Gasteiger partial charge in [0.25, 0.3) is 0 Å². The quantitative estimate of drug-likeness (QED) is 0.801. The molecular weight excluding hydrogens is 241 g/mol. The van der Waals surface area contributed by atoms with Crippen LogP contribution in [-0.2, 0) is 6.54 Å². The lowest BCUT2D eigenvalue weighted by molar-refractivity contribution is 0.165. The molecule has 4 heteroatoms. The Balaban J connectivity index is 1.80. The van der Waals surface area contributed by atoms with Crippen molar-refractivity contribution in [2.75, 3.05) is 26.2 Å². The Kier molecular flexibility index (Phi) is 5.73. The van der Waals surface area contributed by atoms with Crippen molar-refractivity contribution >= 4 is 0 Å². The van der Waals surface area contributed by atoms with Crippen molar-refractivity contribution in [1.82, 2.24) is 15.2 Å². The first-order valence-electron chi connectivity index (χ1n) is 7.30. The fourth-order valence-corrected chi connectivity index (χ4v) is 2.74. The molecule has 1 N–H and O–H groups in total. The Hall–Kier alpha value is -1.00. The maximum absolute atomic E-state index is 13.1. The minimum Gasteiger partial charge on any atom is -0.316 e. The molecule has 1 aliphatic heterocycles. The van der Waals surface area contributed by atoms with E-state index in [0.29, 0.717) is 0 Å². The van der Waals surface area contributed by atoms with Gasteiger partial charge in [-0.25, -0.2) is 4.39 Å². The highest BCUT2D eigenvalue weighted by Crippen LogP contribution is 2.18. The van der Waals surface area contributed by atoms with Crippen LogP contribution < -0.4 is 5.32 Å². The standard InChI is InChI=1S/C15H24FN3/c1-2-5-17-8-13-4-3-6-19(11-13)12-14-7-15(16)10-18-9-14/h7,9-10,13,17H,2-6,8,11-12H2,1H3. The number of likely N-dealkylation sites (tertiary alicyclic amines) is 1. The summed E-state index contributed by atoms with van der Waals surface area (Å²) in [5.74, 6) is 0.484. The average Bonchev–Trinajstić information content (AvgIpc) is 2.39. The van der Waals surface area contributed by atoms with Gasteiger partial charge in [-0.3, -0.25) is 9.88 Å². The van der Waals surface area contributed by atoms with Crippen molar-refractivity contribution in [2.45, 2.75) is 32.7 Å². The van der Waals surface area contributed by atoms with Crippen molar-refractivity contribution in [3.8, 4) is 0 Å². The van der Waals surface area contributed by atoms with E-state index in [0.717, 1.165) is 44.2 Å². The molecule has 0 saturated carbocycles. The first-order chi connectivity index (χ1) is 9.28. The average molecular weight is 265 g/mol. The third-order valence-corrected chi connectivity index (χ3v) is 3.63. The Morgan fingerprint density at radius 1 is 1.47 bits per heavy atom. The predicted octanol–water partition coefficient (Wildman–Crippen LogP) is 2.43. The highest BCUT2D eigenvalue weighted by molar-refractivity contribution is 5.10. The molecular formula is C15H24FN3. The van der Waals surface area contributed by atoms with Gasteiger partial charge in [0.1, 0.15) is 5.82 Å². The number of rotatable bonds is 6. The van der Waals surface area contributed by atoms with Gasteiger partial charge in [-0.05, 0) is 56.4 Å². The summed E-state index contributed by atoms with van der Waals surface area (Å²) >= 11 is 0. The molecule has 1 saturated heterocycles. The van der Waals surface area contributed by atoms with E-state index < -0.39 is 0 Å². The first-order valence-corrected chi connectivity index (χ1v) is 7.30. The molecule has 0 radical (unpaired) electrons. The summed E-state index contributed by atoms with van der Waals surface area (Å²) in [7, 11) is 0. The molecule has 1 aromatic rings. The molecule has 106 valence electrons. The summed E-state index contributed by atoms with van der Waals surface area (Å²) < 4.78 is 13.1. The van der Waals surface area contributed by atoms with Gasteiger partial charge in [-0.1, -0.05) is 6.92 Å². The van der Waals surface area contributed by atoms with Crippen LogP contribution in [0.5, 0.6) is 0 Å². The predicted molar refractivity (Wildman–Crippen MR) is 75.4 cm³/mol. The largest absolute Gasteiger partial charge is 0.316 e. The van der Waals surface area contributed by atoms with Crippen LogP contribution in [0.1, 0.15) is 31.7 Å². The number of pyridine rings is 1. The molecule has 0 amide bonds. The first kappa shape index (κ1) is 14.4. The van der Waals surface area contributed by atoms with Crippen LogP contribution in [-0.4, -0.2) is 36.1 Å². The van der Waals surface area contributed by atoms with E-state index in [9.17, 15) is 4.39 Å². The molecule has 3 nitrogen and oxygen atoms in total. The zero-order chi connectivity index (χ0) is 13.5. The van der Waals surface area contributed by atoms with Gasteiger partial charge < -0.3 is 5.32 Å². The number of hydrogen-bond acceptors (Lipinski definition) is 3. The van der Waals surface area contributed by atoms with Gasteiger partial charge in [0, 0.05) is 19.3 Å². The maximum atomic E-state index is 13.1. The van der Waals surface area contributed by atoms with Crippen molar-refractivity contribution in [3.05, 3.63) is 29.8 Å². The lowest BCUT2D eigenvalue weighted by Gasteiger charge is -2.32. The molecule has 0 aliphatic carbocycles. The monoisotopic (exact) mass is 265 g/mol. The topological polar surface area (TPSA) is 28.2 Å². The van der Waals surface area contributed by atoms with Gasteiger partial charge in [0.05, 0.1) is 6.20 Å². The SMILES string of the molecule is CCCNCC1CCCN(Cc2cncc(F)c2)C1. The zero-order valence-electron chi connectivity index (χ0n) is 11.7. The van der Waals surface area contributed by atoms with Gasteiger partial charge in [-0.15, -0.1) is 0 Å². The van der Waals surface area contributed by atoms with Gasteiger partial charge in [-0.2, -0.15) is 0 Å². The number of piperidine rings is 1. The second kappa shape index (κ2) is 7.56. The normalized spacial score (nSPS) is 20.6. The Morgan fingerprint density at radius 3 is 3.16 bits per heavy atom. The number of halogens is 1. The lowest BCUT2D eigenvalue weighted by atomic mass is 9.97. The minimum absolute atomic E-state index is 0.240. The molecule has 1 atom stereocenters. The van der Waals surface area contributed by atoms with Crippen LogP contribution in [0.15, 0.2) is 18.5 Å². The summed E-state index contributed by atoms with van der Waals surface area (Å²) in [6.07, 6.45) is 6.75. The summed E-state index contributed by atoms with van der Waals surface area (Å²) in [6, 6.07) is 1.59. The summed E-state index contributed by atoms with van der Waals surface area (Å²) in [6.45, 7) is 7.43. The van der Waals surface area contributed by atoms with E-state index >= 15 is 0 Å².